The van der Waals surface area contributed by atoms with Crippen molar-refractivity contribution in [1.29, 1.82) is 0 Å². The number of rotatable bonds is 2. The van der Waals surface area contributed by atoms with E-state index in [-0.39, 0.29) is 5.89 Å². The van der Waals surface area contributed by atoms with Crippen molar-refractivity contribution < 1.29 is 4.52 Å². The van der Waals surface area contributed by atoms with Crippen molar-refractivity contribution in [3.05, 3.63) is 22.7 Å². The fraction of sp³-hybridized carbons (Fsp3) is 0.364. The Labute approximate surface area is 121 Å². The van der Waals surface area contributed by atoms with E-state index in [4.69, 9.17) is 10.3 Å². The van der Waals surface area contributed by atoms with Gasteiger partial charge in [-0.3, -0.25) is 0 Å². The average Bonchev–Trinajstić information content (AvgIpc) is 3.01. The maximum absolute atomic E-state index is 6.16. The lowest BCUT2D eigenvalue weighted by molar-refractivity contribution is 0.229. The number of fused-ring (bicyclic) bond motifs is 1. The molecule has 0 atom stereocenters. The molecule has 0 bridgehead atoms. The average molecular weight is 336 g/mol. The molecule has 3 heterocycles. The van der Waals surface area contributed by atoms with Crippen molar-refractivity contribution in [3.8, 4) is 11.7 Å². The Bertz CT molecular complexity index is 791. The van der Waals surface area contributed by atoms with Gasteiger partial charge in [0.25, 0.3) is 11.7 Å². The maximum Gasteiger partial charge on any atom is 0.297 e. The first-order chi connectivity index (χ1) is 9.64. The predicted molar refractivity (Wildman–Crippen MR) is 71.5 cm³/mol. The van der Waals surface area contributed by atoms with Gasteiger partial charge in [0.1, 0.15) is 0 Å². The first kappa shape index (κ1) is 11.9. The zero-order valence-corrected chi connectivity index (χ0v) is 11.9. The highest BCUT2D eigenvalue weighted by atomic mass is 79.9. The van der Waals surface area contributed by atoms with Crippen molar-refractivity contribution in [3.63, 3.8) is 0 Å². The van der Waals surface area contributed by atoms with Crippen LogP contribution in [0.2, 0.25) is 0 Å². The van der Waals surface area contributed by atoms with Gasteiger partial charge < -0.3 is 10.3 Å². The van der Waals surface area contributed by atoms with Crippen LogP contribution in [0, 0.1) is 0 Å². The minimum absolute atomic E-state index is 0.262. The second kappa shape index (κ2) is 4.06. The summed E-state index contributed by atoms with van der Waals surface area (Å²) in [5, 5.41) is 8.20. The van der Waals surface area contributed by atoms with Gasteiger partial charge in [-0.05, 0) is 35.2 Å². The van der Waals surface area contributed by atoms with Crippen LogP contribution in [0.15, 0.2) is 21.4 Å². The Kier molecular flexibility index (Phi) is 2.42. The van der Waals surface area contributed by atoms with Gasteiger partial charge in [-0.1, -0.05) is 5.16 Å². The maximum atomic E-state index is 6.16. The summed E-state index contributed by atoms with van der Waals surface area (Å²) in [4.78, 5) is 12.7. The van der Waals surface area contributed by atoms with Crippen LogP contribution in [0.25, 0.3) is 17.5 Å². The molecule has 20 heavy (non-hydrogen) atoms. The highest BCUT2D eigenvalue weighted by Crippen LogP contribution is 2.37. The summed E-state index contributed by atoms with van der Waals surface area (Å²) in [6, 6.07) is 0. The van der Waals surface area contributed by atoms with Gasteiger partial charge in [-0.25, -0.2) is 9.50 Å². The van der Waals surface area contributed by atoms with Gasteiger partial charge >= 0.3 is 0 Å². The van der Waals surface area contributed by atoms with Gasteiger partial charge in [0.2, 0.25) is 5.82 Å². The summed E-state index contributed by atoms with van der Waals surface area (Å²) in [6.45, 7) is 0. The molecule has 2 N–H and O–H groups in total. The van der Waals surface area contributed by atoms with Crippen LogP contribution in [0.1, 0.15) is 25.1 Å². The molecule has 3 aromatic heterocycles. The largest absolute Gasteiger partial charge is 0.330 e. The van der Waals surface area contributed by atoms with Gasteiger partial charge in [0.15, 0.2) is 5.82 Å². The molecule has 102 valence electrons. The summed E-state index contributed by atoms with van der Waals surface area (Å²) >= 11 is 3.33. The number of hydrogen-bond acceptors (Lipinski definition) is 7. The van der Waals surface area contributed by atoms with E-state index in [1.54, 1.807) is 16.9 Å². The summed E-state index contributed by atoms with van der Waals surface area (Å²) in [5.41, 5.74) is 5.70. The lowest BCUT2D eigenvalue weighted by Crippen LogP contribution is -2.44. The molecule has 1 aliphatic rings. The van der Waals surface area contributed by atoms with Crippen LogP contribution in [0.3, 0.4) is 0 Å². The molecule has 0 aliphatic heterocycles. The lowest BCUT2D eigenvalue weighted by Gasteiger charge is -2.34. The first-order valence-corrected chi connectivity index (χ1v) is 6.95. The van der Waals surface area contributed by atoms with Crippen molar-refractivity contribution in [2.45, 2.75) is 24.8 Å². The van der Waals surface area contributed by atoms with Crippen LogP contribution in [-0.4, -0.2) is 29.7 Å². The molecule has 0 saturated heterocycles. The minimum Gasteiger partial charge on any atom is -0.330 e. The highest BCUT2D eigenvalue weighted by molar-refractivity contribution is 9.10. The lowest BCUT2D eigenvalue weighted by atomic mass is 9.77. The zero-order valence-electron chi connectivity index (χ0n) is 10.3. The Morgan fingerprint density at radius 3 is 2.95 bits per heavy atom. The molecular formula is C11H10BrN7O. The molecule has 0 unspecified atom stereocenters. The van der Waals surface area contributed by atoms with E-state index < -0.39 is 5.54 Å². The Hall–Kier alpha value is -1.87. The molecule has 0 aromatic carbocycles. The normalized spacial score (nSPS) is 17.3. The fourth-order valence-corrected chi connectivity index (χ4v) is 2.44. The molecule has 1 aliphatic carbocycles. The highest BCUT2D eigenvalue weighted by Gasteiger charge is 2.39. The van der Waals surface area contributed by atoms with E-state index in [0.717, 1.165) is 23.7 Å². The number of halogens is 1. The smallest absolute Gasteiger partial charge is 0.297 e. The van der Waals surface area contributed by atoms with Crippen LogP contribution in [0.4, 0.5) is 0 Å². The van der Waals surface area contributed by atoms with Crippen LogP contribution in [-0.2, 0) is 5.54 Å². The molecule has 0 radical (unpaired) electrons. The number of hydrogen-bond donors (Lipinski definition) is 1. The SMILES string of the molecule is NC1(c2noc(-c3nc4ncc(Br)cn4n3)n2)CCC1. The number of nitrogens with zero attached hydrogens (tertiary/aromatic N) is 6. The summed E-state index contributed by atoms with van der Waals surface area (Å²) in [5.74, 6) is 1.59. The monoisotopic (exact) mass is 335 g/mol. The summed E-state index contributed by atoms with van der Waals surface area (Å²) < 4.78 is 7.57. The molecule has 4 rings (SSSR count). The summed E-state index contributed by atoms with van der Waals surface area (Å²) in [7, 11) is 0. The third kappa shape index (κ3) is 1.74. The predicted octanol–water partition coefficient (Wildman–Crippen LogP) is 1.27. The van der Waals surface area contributed by atoms with Gasteiger partial charge in [-0.15, -0.1) is 5.10 Å². The fourth-order valence-electron chi connectivity index (χ4n) is 2.15. The van der Waals surface area contributed by atoms with E-state index >= 15 is 0 Å². The van der Waals surface area contributed by atoms with Crippen molar-refractivity contribution in [1.82, 2.24) is 29.7 Å². The van der Waals surface area contributed by atoms with Crippen LogP contribution < -0.4 is 5.73 Å². The second-order valence-corrected chi connectivity index (χ2v) is 5.80. The van der Waals surface area contributed by atoms with E-state index in [2.05, 4.69) is 41.1 Å². The van der Waals surface area contributed by atoms with Gasteiger partial charge in [0.05, 0.1) is 10.0 Å². The van der Waals surface area contributed by atoms with Gasteiger partial charge in [-0.2, -0.15) is 9.97 Å². The Morgan fingerprint density at radius 1 is 1.35 bits per heavy atom. The van der Waals surface area contributed by atoms with Crippen molar-refractivity contribution in [2.24, 2.45) is 5.73 Å². The number of aromatic nitrogens is 6. The molecule has 8 nitrogen and oxygen atoms in total. The van der Waals surface area contributed by atoms with Crippen molar-refractivity contribution in [2.75, 3.05) is 0 Å². The van der Waals surface area contributed by atoms with Gasteiger partial charge in [0, 0.05) is 12.4 Å². The Morgan fingerprint density at radius 2 is 2.20 bits per heavy atom. The Balaban J connectivity index is 1.75. The van der Waals surface area contributed by atoms with E-state index in [9.17, 15) is 0 Å². The molecular weight excluding hydrogens is 326 g/mol. The second-order valence-electron chi connectivity index (χ2n) is 4.88. The topological polar surface area (TPSA) is 108 Å². The third-order valence-electron chi connectivity index (χ3n) is 3.47. The summed E-state index contributed by atoms with van der Waals surface area (Å²) in [6.07, 6.45) is 6.24. The standard InChI is InChI=1S/C11H10BrN7O/c12-6-4-14-10-15-7(17-19(10)5-6)8-16-9(18-20-8)11(13)2-1-3-11/h4-5H,1-3,13H2. The minimum atomic E-state index is -0.456. The number of nitrogens with two attached hydrogens (primary N) is 1. The molecule has 1 fully saturated rings. The zero-order chi connectivity index (χ0) is 13.7. The van der Waals surface area contributed by atoms with Crippen LogP contribution >= 0.6 is 15.9 Å². The van der Waals surface area contributed by atoms with Crippen molar-refractivity contribution >= 4 is 21.7 Å². The van der Waals surface area contributed by atoms with E-state index in [1.807, 2.05) is 0 Å². The van der Waals surface area contributed by atoms with E-state index in [1.165, 1.54) is 0 Å². The molecule has 0 spiro atoms. The molecule has 1 saturated carbocycles. The first-order valence-electron chi connectivity index (χ1n) is 6.15. The van der Waals surface area contributed by atoms with E-state index in [0.29, 0.717) is 17.4 Å². The molecule has 0 amide bonds. The third-order valence-corrected chi connectivity index (χ3v) is 3.88. The molecule has 9 heteroatoms. The molecule has 3 aromatic rings. The quantitative estimate of drug-likeness (QED) is 0.751. The van der Waals surface area contributed by atoms with Crippen LogP contribution in [0.5, 0.6) is 0 Å².